The van der Waals surface area contributed by atoms with Crippen LogP contribution in [0.4, 0.5) is 0 Å². The number of hydrogen-bond donors (Lipinski definition) is 2. The van der Waals surface area contributed by atoms with Crippen LogP contribution < -0.4 is 5.32 Å². The molecule has 1 rings (SSSR count). The largest absolute Gasteiger partial charge is 0.389 e. The maximum atomic E-state index is 10.0. The van der Waals surface area contributed by atoms with E-state index in [1.165, 1.54) is 19.3 Å². The lowest BCUT2D eigenvalue weighted by Crippen LogP contribution is -2.44. The molecular weight excluding hydrogens is 264 g/mol. The van der Waals surface area contributed by atoms with E-state index in [2.05, 4.69) is 31.0 Å². The highest BCUT2D eigenvalue weighted by atomic mass is 16.5. The van der Waals surface area contributed by atoms with Gasteiger partial charge in [-0.25, -0.2) is 0 Å². The monoisotopic (exact) mass is 300 g/mol. The Morgan fingerprint density at radius 1 is 1.24 bits per heavy atom. The Bertz CT molecular complexity index is 243. The van der Waals surface area contributed by atoms with Crippen LogP contribution in [0.1, 0.15) is 52.9 Å². The fourth-order valence-electron chi connectivity index (χ4n) is 2.99. The van der Waals surface area contributed by atoms with Crippen molar-refractivity contribution in [1.82, 2.24) is 10.2 Å². The molecule has 0 radical (unpaired) electrons. The number of aliphatic hydroxyl groups excluding tert-OH is 1. The standard InChI is InChI=1S/C17H36N2O2/c1-4-6-12-21-14-17(20)13-19-10-7-16(8-11-19)15(3)18-9-5-2/h15-18,20H,4-14H2,1-3H3. The number of nitrogens with zero attached hydrogens (tertiary/aromatic N) is 1. The highest BCUT2D eigenvalue weighted by molar-refractivity contribution is 4.80. The number of likely N-dealkylation sites (tertiary alicyclic amines) is 1. The molecule has 1 heterocycles. The molecule has 0 aromatic heterocycles. The molecule has 1 fully saturated rings. The van der Waals surface area contributed by atoms with Crippen LogP contribution in [0.3, 0.4) is 0 Å². The number of unbranched alkanes of at least 4 members (excludes halogenated alkanes) is 1. The van der Waals surface area contributed by atoms with Crippen LogP contribution >= 0.6 is 0 Å². The van der Waals surface area contributed by atoms with Gasteiger partial charge in [0.25, 0.3) is 0 Å². The Balaban J connectivity index is 2.12. The zero-order valence-electron chi connectivity index (χ0n) is 14.3. The molecule has 4 heteroatoms. The van der Waals surface area contributed by atoms with E-state index in [1.54, 1.807) is 0 Å². The van der Waals surface area contributed by atoms with Gasteiger partial charge in [0.15, 0.2) is 0 Å². The molecule has 4 nitrogen and oxygen atoms in total. The highest BCUT2D eigenvalue weighted by Gasteiger charge is 2.24. The molecule has 1 aliphatic rings. The summed E-state index contributed by atoms with van der Waals surface area (Å²) in [5, 5.41) is 13.6. The lowest BCUT2D eigenvalue weighted by molar-refractivity contribution is 0.00887. The highest BCUT2D eigenvalue weighted by Crippen LogP contribution is 2.20. The maximum Gasteiger partial charge on any atom is 0.0900 e. The molecule has 0 aromatic carbocycles. The van der Waals surface area contributed by atoms with Crippen LogP contribution in [-0.2, 0) is 4.74 Å². The quantitative estimate of drug-likeness (QED) is 0.575. The van der Waals surface area contributed by atoms with Gasteiger partial charge in [0.1, 0.15) is 0 Å². The third-order valence-electron chi connectivity index (χ3n) is 4.48. The van der Waals surface area contributed by atoms with Gasteiger partial charge in [0.2, 0.25) is 0 Å². The minimum Gasteiger partial charge on any atom is -0.389 e. The first kappa shape index (κ1) is 18.9. The van der Waals surface area contributed by atoms with Gasteiger partial charge in [-0.05, 0) is 58.2 Å². The number of rotatable bonds is 11. The second-order valence-electron chi connectivity index (χ2n) is 6.46. The molecule has 0 aromatic rings. The van der Waals surface area contributed by atoms with E-state index in [1.807, 2.05) is 0 Å². The number of ether oxygens (including phenoxy) is 1. The summed E-state index contributed by atoms with van der Waals surface area (Å²) in [6.45, 7) is 12.0. The van der Waals surface area contributed by atoms with Crippen LogP contribution in [0, 0.1) is 5.92 Å². The molecule has 0 bridgehead atoms. The molecule has 0 amide bonds. The summed E-state index contributed by atoms with van der Waals surface area (Å²) in [6.07, 6.45) is 5.57. The van der Waals surface area contributed by atoms with Gasteiger partial charge in [-0.15, -0.1) is 0 Å². The predicted molar refractivity (Wildman–Crippen MR) is 88.7 cm³/mol. The first-order valence-corrected chi connectivity index (χ1v) is 8.88. The predicted octanol–water partition coefficient (Wildman–Crippen LogP) is 2.26. The van der Waals surface area contributed by atoms with E-state index < -0.39 is 0 Å². The van der Waals surface area contributed by atoms with Gasteiger partial charge in [-0.2, -0.15) is 0 Å². The van der Waals surface area contributed by atoms with E-state index in [-0.39, 0.29) is 6.10 Å². The van der Waals surface area contributed by atoms with Gasteiger partial charge in [0, 0.05) is 19.2 Å². The molecule has 0 spiro atoms. The molecule has 2 unspecified atom stereocenters. The fraction of sp³-hybridized carbons (Fsp3) is 1.00. The fourth-order valence-corrected chi connectivity index (χ4v) is 2.99. The normalized spacial score (nSPS) is 20.6. The van der Waals surface area contributed by atoms with Gasteiger partial charge in [-0.1, -0.05) is 20.3 Å². The summed E-state index contributed by atoms with van der Waals surface area (Å²) in [4.78, 5) is 2.39. The van der Waals surface area contributed by atoms with E-state index in [0.29, 0.717) is 12.6 Å². The lowest BCUT2D eigenvalue weighted by atomic mass is 9.90. The van der Waals surface area contributed by atoms with Crippen molar-refractivity contribution in [2.75, 3.05) is 39.4 Å². The van der Waals surface area contributed by atoms with E-state index in [9.17, 15) is 5.11 Å². The summed E-state index contributed by atoms with van der Waals surface area (Å²) in [5.41, 5.74) is 0. The summed E-state index contributed by atoms with van der Waals surface area (Å²) in [7, 11) is 0. The van der Waals surface area contributed by atoms with Crippen molar-refractivity contribution >= 4 is 0 Å². The lowest BCUT2D eigenvalue weighted by Gasteiger charge is -2.36. The Kier molecular flexibility index (Phi) is 10.3. The molecule has 126 valence electrons. The van der Waals surface area contributed by atoms with Crippen molar-refractivity contribution in [3.63, 3.8) is 0 Å². The van der Waals surface area contributed by atoms with Crippen molar-refractivity contribution in [3.8, 4) is 0 Å². The second kappa shape index (κ2) is 11.4. The molecule has 2 atom stereocenters. The van der Waals surface area contributed by atoms with Crippen molar-refractivity contribution in [2.45, 2.75) is 65.0 Å². The minimum atomic E-state index is -0.339. The summed E-state index contributed by atoms with van der Waals surface area (Å²) in [6, 6.07) is 0.620. The Morgan fingerprint density at radius 3 is 2.57 bits per heavy atom. The van der Waals surface area contributed by atoms with Gasteiger partial charge < -0.3 is 20.1 Å². The summed E-state index contributed by atoms with van der Waals surface area (Å²) >= 11 is 0. The van der Waals surface area contributed by atoms with Crippen LogP contribution in [0.15, 0.2) is 0 Å². The molecular formula is C17H36N2O2. The zero-order chi connectivity index (χ0) is 15.5. The number of nitrogens with one attached hydrogen (secondary N) is 1. The van der Waals surface area contributed by atoms with Gasteiger partial charge in [-0.3, -0.25) is 0 Å². The Morgan fingerprint density at radius 2 is 1.95 bits per heavy atom. The third-order valence-corrected chi connectivity index (χ3v) is 4.48. The maximum absolute atomic E-state index is 10.0. The Hall–Kier alpha value is -0.160. The van der Waals surface area contributed by atoms with Crippen LogP contribution in [0.25, 0.3) is 0 Å². The van der Waals surface area contributed by atoms with Crippen LogP contribution in [0.2, 0.25) is 0 Å². The second-order valence-corrected chi connectivity index (χ2v) is 6.46. The van der Waals surface area contributed by atoms with E-state index >= 15 is 0 Å². The van der Waals surface area contributed by atoms with Crippen molar-refractivity contribution in [2.24, 2.45) is 5.92 Å². The smallest absolute Gasteiger partial charge is 0.0900 e. The number of β-amino-alcohol motifs (C(OH)–C–C–N with tert-alkyl or cyclic N) is 1. The molecule has 0 saturated carbocycles. The first-order chi connectivity index (χ1) is 10.2. The van der Waals surface area contributed by atoms with Gasteiger partial charge >= 0.3 is 0 Å². The van der Waals surface area contributed by atoms with E-state index in [0.717, 1.165) is 51.5 Å². The molecule has 0 aliphatic carbocycles. The average Bonchev–Trinajstić information content (AvgIpc) is 2.50. The van der Waals surface area contributed by atoms with Crippen molar-refractivity contribution in [1.29, 1.82) is 0 Å². The van der Waals surface area contributed by atoms with Crippen molar-refractivity contribution in [3.05, 3.63) is 0 Å². The molecule has 2 N–H and O–H groups in total. The molecule has 1 aliphatic heterocycles. The minimum absolute atomic E-state index is 0.339. The number of aliphatic hydroxyl groups is 1. The number of piperidine rings is 1. The Labute approximate surface area is 131 Å². The first-order valence-electron chi connectivity index (χ1n) is 8.88. The van der Waals surface area contributed by atoms with E-state index in [4.69, 9.17) is 4.74 Å². The topological polar surface area (TPSA) is 44.7 Å². The SMILES string of the molecule is CCCCOCC(O)CN1CCC(C(C)NCCC)CC1. The zero-order valence-corrected chi connectivity index (χ0v) is 14.3. The number of hydrogen-bond acceptors (Lipinski definition) is 4. The molecule has 1 saturated heterocycles. The van der Waals surface area contributed by atoms with Gasteiger partial charge in [0.05, 0.1) is 12.7 Å². The average molecular weight is 300 g/mol. The van der Waals surface area contributed by atoms with Crippen LogP contribution in [-0.4, -0.2) is 61.5 Å². The third kappa shape index (κ3) is 8.15. The molecule has 21 heavy (non-hydrogen) atoms. The summed E-state index contributed by atoms with van der Waals surface area (Å²) < 4.78 is 5.49. The summed E-state index contributed by atoms with van der Waals surface area (Å²) in [5.74, 6) is 0.783. The van der Waals surface area contributed by atoms with Crippen molar-refractivity contribution < 1.29 is 9.84 Å². The van der Waals surface area contributed by atoms with Crippen LogP contribution in [0.5, 0.6) is 0 Å².